The molecule has 8 nitrogen and oxygen atoms in total. The van der Waals surface area contributed by atoms with E-state index in [1.165, 1.54) is 16.0 Å². The summed E-state index contributed by atoms with van der Waals surface area (Å²) in [6, 6.07) is 6.64. The molecule has 2 heterocycles. The third-order valence-corrected chi connectivity index (χ3v) is 6.53. The number of benzene rings is 1. The Balaban J connectivity index is 1.36. The van der Waals surface area contributed by atoms with Gasteiger partial charge < -0.3 is 14.8 Å². The van der Waals surface area contributed by atoms with Gasteiger partial charge in [-0.1, -0.05) is 0 Å². The molecule has 4 rings (SSSR count). The number of amides is 1. The Labute approximate surface area is 190 Å². The SMILES string of the molecule is COc1ccc(-c2nc(CCNC(=O)C(C)n3nc4c(cc3=O)CCC4)cs2)cc1OC. The molecule has 1 atom stereocenters. The van der Waals surface area contributed by atoms with Gasteiger partial charge in [-0.05, 0) is 49.9 Å². The molecule has 0 saturated carbocycles. The maximum Gasteiger partial charge on any atom is 0.267 e. The summed E-state index contributed by atoms with van der Waals surface area (Å²) in [6.07, 6.45) is 3.34. The van der Waals surface area contributed by atoms with Crippen LogP contribution in [0.5, 0.6) is 11.5 Å². The lowest BCUT2D eigenvalue weighted by atomic mass is 10.2. The number of hydrogen-bond acceptors (Lipinski definition) is 7. The number of carbonyl (C=O) groups is 1. The Morgan fingerprint density at radius 1 is 1.22 bits per heavy atom. The summed E-state index contributed by atoms with van der Waals surface area (Å²) in [5.74, 6) is 1.09. The molecule has 3 aromatic rings. The van der Waals surface area contributed by atoms with E-state index < -0.39 is 6.04 Å². The van der Waals surface area contributed by atoms with E-state index in [-0.39, 0.29) is 11.5 Å². The average Bonchev–Trinajstić information content (AvgIpc) is 3.46. The summed E-state index contributed by atoms with van der Waals surface area (Å²) in [7, 11) is 3.20. The standard InChI is InChI=1S/C23H26N4O4S/c1-14(27-21(28)12-15-5-4-6-18(15)26-27)22(29)24-10-9-17-13-32-23(25-17)16-7-8-19(30-2)20(11-16)31-3/h7-8,11-14H,4-6,9-10H2,1-3H3,(H,24,29). The number of nitrogens with one attached hydrogen (secondary N) is 1. The number of ether oxygens (including phenoxy) is 2. The van der Waals surface area contributed by atoms with Gasteiger partial charge in [-0.25, -0.2) is 9.67 Å². The first-order chi connectivity index (χ1) is 15.5. The molecule has 0 bridgehead atoms. The van der Waals surface area contributed by atoms with Crippen molar-refractivity contribution in [2.24, 2.45) is 0 Å². The minimum Gasteiger partial charge on any atom is -0.493 e. The fraction of sp³-hybridized carbons (Fsp3) is 0.391. The number of methoxy groups -OCH3 is 2. The lowest BCUT2D eigenvalue weighted by Crippen LogP contribution is -2.38. The molecule has 1 N–H and O–H groups in total. The van der Waals surface area contributed by atoms with Gasteiger partial charge in [0.25, 0.3) is 5.56 Å². The summed E-state index contributed by atoms with van der Waals surface area (Å²) >= 11 is 1.53. The van der Waals surface area contributed by atoms with E-state index in [1.807, 2.05) is 23.6 Å². The van der Waals surface area contributed by atoms with Crippen LogP contribution in [0, 0.1) is 0 Å². The summed E-state index contributed by atoms with van der Waals surface area (Å²) in [5.41, 5.74) is 3.54. The zero-order valence-corrected chi connectivity index (χ0v) is 19.2. The van der Waals surface area contributed by atoms with Gasteiger partial charge in [-0.2, -0.15) is 5.10 Å². The predicted octanol–water partition coefficient (Wildman–Crippen LogP) is 2.79. The van der Waals surface area contributed by atoms with Gasteiger partial charge in [0.1, 0.15) is 11.0 Å². The summed E-state index contributed by atoms with van der Waals surface area (Å²) in [5, 5.41) is 10.2. The second-order valence-electron chi connectivity index (χ2n) is 7.68. The number of thiazole rings is 1. The molecule has 0 saturated heterocycles. The number of aromatic nitrogens is 3. The van der Waals surface area contributed by atoms with Gasteiger partial charge in [-0.15, -0.1) is 11.3 Å². The van der Waals surface area contributed by atoms with E-state index in [2.05, 4.69) is 15.4 Å². The van der Waals surface area contributed by atoms with Gasteiger partial charge >= 0.3 is 0 Å². The lowest BCUT2D eigenvalue weighted by molar-refractivity contribution is -0.124. The van der Waals surface area contributed by atoms with E-state index >= 15 is 0 Å². The topological polar surface area (TPSA) is 95.3 Å². The number of hydrogen-bond donors (Lipinski definition) is 1. The molecule has 2 aromatic heterocycles. The third-order valence-electron chi connectivity index (χ3n) is 5.59. The van der Waals surface area contributed by atoms with Gasteiger partial charge in [0.2, 0.25) is 5.91 Å². The Bertz CT molecular complexity index is 1190. The molecule has 1 aliphatic carbocycles. The molecular weight excluding hydrogens is 428 g/mol. The largest absolute Gasteiger partial charge is 0.493 e. The molecule has 0 radical (unpaired) electrons. The molecule has 32 heavy (non-hydrogen) atoms. The molecule has 1 aromatic carbocycles. The highest BCUT2D eigenvalue weighted by atomic mass is 32.1. The fourth-order valence-electron chi connectivity index (χ4n) is 3.79. The molecule has 9 heteroatoms. The van der Waals surface area contributed by atoms with E-state index in [0.717, 1.165) is 46.8 Å². The van der Waals surface area contributed by atoms with Crippen molar-refractivity contribution in [3.8, 4) is 22.1 Å². The third kappa shape index (κ3) is 4.52. The molecular formula is C23H26N4O4S. The van der Waals surface area contributed by atoms with Crippen molar-refractivity contribution in [3.05, 3.63) is 57.0 Å². The number of aryl methyl sites for hydroxylation is 2. The van der Waals surface area contributed by atoms with E-state index in [1.54, 1.807) is 27.2 Å². The van der Waals surface area contributed by atoms with Crippen LogP contribution in [0.25, 0.3) is 10.6 Å². The van der Waals surface area contributed by atoms with Crippen LogP contribution < -0.4 is 20.3 Å². The van der Waals surface area contributed by atoms with Gasteiger partial charge in [0.05, 0.1) is 25.6 Å². The minimum absolute atomic E-state index is 0.229. The van der Waals surface area contributed by atoms with Crippen molar-refractivity contribution in [2.45, 2.75) is 38.6 Å². The van der Waals surface area contributed by atoms with Crippen molar-refractivity contribution < 1.29 is 14.3 Å². The van der Waals surface area contributed by atoms with Crippen LogP contribution in [-0.4, -0.2) is 41.4 Å². The van der Waals surface area contributed by atoms with Crippen LogP contribution in [0.2, 0.25) is 0 Å². The van der Waals surface area contributed by atoms with Gasteiger partial charge in [0, 0.05) is 30.0 Å². The lowest BCUT2D eigenvalue weighted by Gasteiger charge is -2.14. The highest BCUT2D eigenvalue weighted by molar-refractivity contribution is 7.13. The van der Waals surface area contributed by atoms with Crippen LogP contribution in [0.3, 0.4) is 0 Å². The smallest absolute Gasteiger partial charge is 0.267 e. The second kappa shape index (κ2) is 9.52. The number of carbonyl (C=O) groups excluding carboxylic acids is 1. The fourth-order valence-corrected chi connectivity index (χ4v) is 4.64. The molecule has 1 unspecified atom stereocenters. The highest BCUT2D eigenvalue weighted by Gasteiger charge is 2.21. The molecule has 0 spiro atoms. The van der Waals surface area contributed by atoms with Crippen LogP contribution in [0.1, 0.15) is 36.3 Å². The molecule has 0 aliphatic heterocycles. The van der Waals surface area contributed by atoms with E-state index in [4.69, 9.17) is 9.47 Å². The number of rotatable bonds is 8. The van der Waals surface area contributed by atoms with Crippen molar-refractivity contribution in [2.75, 3.05) is 20.8 Å². The van der Waals surface area contributed by atoms with Gasteiger partial charge in [0.15, 0.2) is 11.5 Å². The molecule has 1 amide bonds. The summed E-state index contributed by atoms with van der Waals surface area (Å²) in [6.45, 7) is 2.13. The zero-order chi connectivity index (χ0) is 22.7. The van der Waals surface area contributed by atoms with Crippen LogP contribution in [0.15, 0.2) is 34.4 Å². The first-order valence-electron chi connectivity index (χ1n) is 10.6. The van der Waals surface area contributed by atoms with Crippen LogP contribution >= 0.6 is 11.3 Å². The minimum atomic E-state index is -0.661. The van der Waals surface area contributed by atoms with Crippen molar-refractivity contribution in [3.63, 3.8) is 0 Å². The maximum absolute atomic E-state index is 12.6. The number of fused-ring (bicyclic) bond motifs is 1. The predicted molar refractivity (Wildman–Crippen MR) is 123 cm³/mol. The average molecular weight is 455 g/mol. The Kier molecular flexibility index (Phi) is 6.55. The van der Waals surface area contributed by atoms with Crippen LogP contribution in [-0.2, 0) is 24.1 Å². The highest BCUT2D eigenvalue weighted by Crippen LogP contribution is 2.33. The normalized spacial score (nSPS) is 13.5. The Hall–Kier alpha value is -3.20. The zero-order valence-electron chi connectivity index (χ0n) is 18.4. The monoisotopic (exact) mass is 454 g/mol. The Morgan fingerprint density at radius 3 is 2.81 bits per heavy atom. The maximum atomic E-state index is 12.6. The second-order valence-corrected chi connectivity index (χ2v) is 8.54. The first-order valence-corrected chi connectivity index (χ1v) is 11.4. The van der Waals surface area contributed by atoms with Crippen molar-refractivity contribution >= 4 is 17.2 Å². The molecule has 168 valence electrons. The summed E-state index contributed by atoms with van der Waals surface area (Å²) in [4.78, 5) is 29.6. The van der Waals surface area contributed by atoms with Crippen LogP contribution in [0.4, 0.5) is 0 Å². The van der Waals surface area contributed by atoms with E-state index in [9.17, 15) is 9.59 Å². The first kappa shape index (κ1) is 22.0. The molecule has 0 fully saturated rings. The van der Waals surface area contributed by atoms with Crippen molar-refractivity contribution in [1.29, 1.82) is 0 Å². The summed E-state index contributed by atoms with van der Waals surface area (Å²) < 4.78 is 11.9. The quantitative estimate of drug-likeness (QED) is 0.562. The molecule has 1 aliphatic rings. The van der Waals surface area contributed by atoms with E-state index in [0.29, 0.717) is 24.5 Å². The number of nitrogens with zero attached hydrogens (tertiary/aromatic N) is 3. The van der Waals surface area contributed by atoms with Gasteiger partial charge in [-0.3, -0.25) is 9.59 Å². The van der Waals surface area contributed by atoms with Crippen molar-refractivity contribution in [1.82, 2.24) is 20.1 Å². The Morgan fingerprint density at radius 2 is 2.03 bits per heavy atom.